The summed E-state index contributed by atoms with van der Waals surface area (Å²) in [5, 5.41) is 0.0960. The van der Waals surface area contributed by atoms with Crippen molar-refractivity contribution >= 4 is 17.5 Å². The first-order chi connectivity index (χ1) is 9.70. The molecule has 0 aliphatic carbocycles. The number of hydrogen-bond donors (Lipinski definition) is 0. The van der Waals surface area contributed by atoms with Gasteiger partial charge in [-0.25, -0.2) is 4.98 Å². The van der Waals surface area contributed by atoms with Crippen LogP contribution in [0.3, 0.4) is 0 Å². The molecule has 1 fully saturated rings. The van der Waals surface area contributed by atoms with Crippen molar-refractivity contribution in [3.63, 3.8) is 0 Å². The first kappa shape index (κ1) is 15.9. The molecule has 2 rings (SSSR count). The van der Waals surface area contributed by atoms with Crippen molar-refractivity contribution in [3.8, 4) is 5.88 Å². The number of likely N-dealkylation sites (tertiary alicyclic amines) is 1. The number of carbonyl (C=O) groups excluding carboxylic acids is 1. The van der Waals surface area contributed by atoms with Gasteiger partial charge < -0.3 is 9.64 Å². The van der Waals surface area contributed by atoms with E-state index in [1.165, 1.54) is 12.3 Å². The third-order valence-electron chi connectivity index (χ3n) is 3.06. The van der Waals surface area contributed by atoms with Crippen molar-refractivity contribution in [2.24, 2.45) is 0 Å². The topological polar surface area (TPSA) is 42.4 Å². The van der Waals surface area contributed by atoms with Gasteiger partial charge in [-0.1, -0.05) is 11.6 Å². The molecule has 0 spiro atoms. The minimum absolute atomic E-state index is 0.0186. The molecule has 0 N–H and O–H groups in total. The van der Waals surface area contributed by atoms with Gasteiger partial charge in [0, 0.05) is 12.7 Å². The van der Waals surface area contributed by atoms with E-state index >= 15 is 0 Å². The zero-order valence-electron chi connectivity index (χ0n) is 11.4. The van der Waals surface area contributed by atoms with E-state index in [1.807, 2.05) is 0 Å². The van der Waals surface area contributed by atoms with E-state index < -0.39 is 18.1 Å². The van der Waals surface area contributed by atoms with E-state index in [9.17, 15) is 18.0 Å². The Labute approximate surface area is 124 Å². The molecule has 1 saturated heterocycles. The molecule has 0 aromatic carbocycles. The van der Waals surface area contributed by atoms with E-state index in [0.717, 1.165) is 4.90 Å². The first-order valence-electron chi connectivity index (χ1n) is 6.40. The molecule has 1 amide bonds. The lowest BCUT2D eigenvalue weighted by atomic mass is 10.0. The second-order valence-corrected chi connectivity index (χ2v) is 5.43. The number of aromatic nitrogens is 1. The average Bonchev–Trinajstić information content (AvgIpc) is 2.27. The smallest absolute Gasteiger partial charge is 0.408 e. The lowest BCUT2D eigenvalue weighted by molar-refractivity contribution is -0.199. The Balaban J connectivity index is 2.15. The Hall–Kier alpha value is -1.50. The highest BCUT2D eigenvalue weighted by molar-refractivity contribution is 6.32. The predicted molar refractivity (Wildman–Crippen MR) is 70.5 cm³/mol. The number of amides is 1. The third-order valence-corrected chi connectivity index (χ3v) is 3.33. The van der Waals surface area contributed by atoms with Crippen molar-refractivity contribution in [1.29, 1.82) is 0 Å². The highest BCUT2D eigenvalue weighted by atomic mass is 35.5. The first-order valence-corrected chi connectivity index (χ1v) is 6.78. The molecule has 1 aliphatic rings. The van der Waals surface area contributed by atoms with Crippen LogP contribution in [0.1, 0.15) is 30.6 Å². The molecular weight excluding hydrogens is 309 g/mol. The molecule has 0 bridgehead atoms. The minimum atomic E-state index is -4.41. The maximum absolute atomic E-state index is 12.7. The number of ether oxygens (including phenoxy) is 1. The van der Waals surface area contributed by atoms with E-state index in [2.05, 4.69) is 4.98 Å². The summed E-state index contributed by atoms with van der Waals surface area (Å²) in [7, 11) is 0. The van der Waals surface area contributed by atoms with Gasteiger partial charge in [-0.3, -0.25) is 4.79 Å². The number of alkyl halides is 3. The van der Waals surface area contributed by atoms with Gasteiger partial charge in [0.15, 0.2) is 0 Å². The summed E-state index contributed by atoms with van der Waals surface area (Å²) in [6, 6.07) is -0.448. The molecule has 1 unspecified atom stereocenters. The molecule has 116 valence electrons. The summed E-state index contributed by atoms with van der Waals surface area (Å²) >= 11 is 5.93. The van der Waals surface area contributed by atoms with Crippen LogP contribution in [0.5, 0.6) is 5.88 Å². The maximum Gasteiger partial charge on any atom is 0.408 e. The summed E-state index contributed by atoms with van der Waals surface area (Å²) < 4.78 is 43.3. The highest BCUT2D eigenvalue weighted by Gasteiger charge is 2.50. The van der Waals surface area contributed by atoms with Crippen LogP contribution in [0.2, 0.25) is 5.02 Å². The van der Waals surface area contributed by atoms with Crippen molar-refractivity contribution in [2.45, 2.75) is 38.6 Å². The summed E-state index contributed by atoms with van der Waals surface area (Å²) in [5.41, 5.74) is 0.0186. The van der Waals surface area contributed by atoms with Gasteiger partial charge in [-0.15, -0.1) is 0 Å². The Kier molecular flexibility index (Phi) is 4.32. The number of halogens is 4. The normalized spacial score (nSPS) is 18.6. The lowest BCUT2D eigenvalue weighted by Gasteiger charge is -2.41. The quantitative estimate of drug-likeness (QED) is 0.857. The van der Waals surface area contributed by atoms with Crippen LogP contribution in [0, 0.1) is 0 Å². The van der Waals surface area contributed by atoms with Crippen LogP contribution in [0.25, 0.3) is 0 Å². The van der Waals surface area contributed by atoms with Crippen LogP contribution in [0.15, 0.2) is 12.3 Å². The monoisotopic (exact) mass is 322 g/mol. The fourth-order valence-electron chi connectivity index (χ4n) is 1.99. The zero-order valence-corrected chi connectivity index (χ0v) is 12.2. The molecule has 0 saturated carbocycles. The third kappa shape index (κ3) is 3.40. The Morgan fingerprint density at radius 1 is 1.52 bits per heavy atom. The minimum Gasteiger partial charge on any atom is -0.474 e. The van der Waals surface area contributed by atoms with Gasteiger partial charge in [0.25, 0.3) is 5.91 Å². The molecule has 1 atom stereocenters. The zero-order chi connectivity index (χ0) is 15.8. The van der Waals surface area contributed by atoms with Gasteiger partial charge in [0.1, 0.15) is 11.1 Å². The molecule has 1 aliphatic heterocycles. The average molecular weight is 323 g/mol. The van der Waals surface area contributed by atoms with Crippen molar-refractivity contribution in [2.75, 3.05) is 6.54 Å². The molecule has 8 heteroatoms. The van der Waals surface area contributed by atoms with E-state index in [4.69, 9.17) is 16.3 Å². The van der Waals surface area contributed by atoms with Gasteiger partial charge in [0.2, 0.25) is 5.88 Å². The molecule has 1 aromatic heterocycles. The second-order valence-electron chi connectivity index (χ2n) is 5.02. The van der Waals surface area contributed by atoms with Crippen molar-refractivity contribution < 1.29 is 22.7 Å². The maximum atomic E-state index is 12.7. The van der Waals surface area contributed by atoms with Gasteiger partial charge in [0.05, 0.1) is 11.7 Å². The largest absolute Gasteiger partial charge is 0.474 e. The molecule has 2 heterocycles. The summed E-state index contributed by atoms with van der Waals surface area (Å²) in [6.07, 6.45) is -3.46. The van der Waals surface area contributed by atoms with Gasteiger partial charge in [-0.05, 0) is 26.3 Å². The second kappa shape index (κ2) is 5.71. The number of rotatable bonds is 3. The Bertz CT molecular complexity index is 549. The van der Waals surface area contributed by atoms with E-state index in [0.29, 0.717) is 0 Å². The Morgan fingerprint density at radius 3 is 2.62 bits per heavy atom. The van der Waals surface area contributed by atoms with E-state index in [1.54, 1.807) is 13.8 Å². The lowest BCUT2D eigenvalue weighted by Crippen LogP contribution is -2.58. The van der Waals surface area contributed by atoms with Crippen LogP contribution in [-0.4, -0.2) is 40.7 Å². The predicted octanol–water partition coefficient (Wildman–Crippen LogP) is 3.30. The highest BCUT2D eigenvalue weighted by Crippen LogP contribution is 2.35. The molecule has 4 nitrogen and oxygen atoms in total. The SMILES string of the molecule is CC(C)Oc1ncc(C(=O)N2CCC2C(F)(F)F)cc1Cl. The summed E-state index contributed by atoms with van der Waals surface area (Å²) in [6.45, 7) is 3.64. The van der Waals surface area contributed by atoms with Crippen LogP contribution >= 0.6 is 11.6 Å². The van der Waals surface area contributed by atoms with Gasteiger partial charge >= 0.3 is 6.18 Å². The molecule has 21 heavy (non-hydrogen) atoms. The van der Waals surface area contributed by atoms with Crippen LogP contribution in [-0.2, 0) is 0 Å². The standard InChI is InChI=1S/C13H14ClF3N2O2/c1-7(2)21-11-9(14)5-8(6-18-11)12(20)19-4-3-10(19)13(15,16)17/h5-7,10H,3-4H2,1-2H3. The van der Waals surface area contributed by atoms with Crippen molar-refractivity contribution in [3.05, 3.63) is 22.8 Å². The fourth-order valence-corrected chi connectivity index (χ4v) is 2.20. The number of carbonyl (C=O) groups is 1. The number of pyridine rings is 1. The van der Waals surface area contributed by atoms with Crippen molar-refractivity contribution in [1.82, 2.24) is 9.88 Å². The van der Waals surface area contributed by atoms with Crippen LogP contribution in [0.4, 0.5) is 13.2 Å². The molecule has 1 aromatic rings. The van der Waals surface area contributed by atoms with E-state index in [-0.39, 0.29) is 35.5 Å². The summed E-state index contributed by atoms with van der Waals surface area (Å²) in [4.78, 5) is 16.7. The van der Waals surface area contributed by atoms with Gasteiger partial charge in [-0.2, -0.15) is 13.2 Å². The summed E-state index contributed by atoms with van der Waals surface area (Å²) in [5.74, 6) is -0.576. The number of hydrogen-bond acceptors (Lipinski definition) is 3. The molecular formula is C13H14ClF3N2O2. The fraction of sp³-hybridized carbons (Fsp3) is 0.538. The van der Waals surface area contributed by atoms with Crippen LogP contribution < -0.4 is 4.74 Å². The number of nitrogens with zero attached hydrogens (tertiary/aromatic N) is 2. The molecule has 0 radical (unpaired) electrons. The Morgan fingerprint density at radius 2 is 2.19 bits per heavy atom.